The molecule has 0 saturated carbocycles. The van der Waals surface area contributed by atoms with Crippen molar-refractivity contribution in [3.63, 3.8) is 0 Å². The highest BCUT2D eigenvalue weighted by molar-refractivity contribution is 5.96. The summed E-state index contributed by atoms with van der Waals surface area (Å²) in [5.41, 5.74) is -0.449. The van der Waals surface area contributed by atoms with Crippen molar-refractivity contribution in [2.75, 3.05) is 32.8 Å². The lowest BCUT2D eigenvalue weighted by Crippen LogP contribution is -2.43. The molecule has 1 heterocycles. The molecule has 1 N–H and O–H groups in total. The van der Waals surface area contributed by atoms with E-state index in [0.717, 1.165) is 24.7 Å². The minimum atomic E-state index is -4.58. The van der Waals surface area contributed by atoms with Gasteiger partial charge in [0.05, 0.1) is 30.4 Å². The molecule has 27 heavy (non-hydrogen) atoms. The SMILES string of the molecule is O=C(NC(CN1CCOCC1)c1ccccc1)c1ccccc1C(F)(F)F. The number of nitrogens with one attached hydrogen (secondary N) is 1. The summed E-state index contributed by atoms with van der Waals surface area (Å²) >= 11 is 0. The number of alkyl halides is 3. The van der Waals surface area contributed by atoms with E-state index in [1.165, 1.54) is 18.2 Å². The molecular weight excluding hydrogens is 357 g/mol. The second kappa shape index (κ2) is 8.54. The maximum absolute atomic E-state index is 13.2. The minimum Gasteiger partial charge on any atom is -0.379 e. The number of ether oxygens (including phenoxy) is 1. The number of amides is 1. The van der Waals surface area contributed by atoms with E-state index in [-0.39, 0.29) is 5.56 Å². The van der Waals surface area contributed by atoms with Crippen LogP contribution in [0.1, 0.15) is 27.5 Å². The Morgan fingerprint density at radius 3 is 2.33 bits per heavy atom. The largest absolute Gasteiger partial charge is 0.417 e. The summed E-state index contributed by atoms with van der Waals surface area (Å²) in [7, 11) is 0. The van der Waals surface area contributed by atoms with Crippen LogP contribution in [0.4, 0.5) is 13.2 Å². The van der Waals surface area contributed by atoms with Gasteiger partial charge in [-0.25, -0.2) is 0 Å². The maximum atomic E-state index is 13.2. The third-order valence-corrected chi connectivity index (χ3v) is 4.53. The molecule has 144 valence electrons. The van der Waals surface area contributed by atoms with Gasteiger partial charge in [-0.15, -0.1) is 0 Å². The Kier molecular flexibility index (Phi) is 6.13. The van der Waals surface area contributed by atoms with Crippen LogP contribution in [-0.4, -0.2) is 43.7 Å². The summed E-state index contributed by atoms with van der Waals surface area (Å²) < 4.78 is 45.1. The molecular formula is C20H21F3N2O2. The number of rotatable bonds is 5. The zero-order valence-corrected chi connectivity index (χ0v) is 14.7. The van der Waals surface area contributed by atoms with E-state index in [1.807, 2.05) is 30.3 Å². The molecule has 2 aromatic carbocycles. The number of carbonyl (C=O) groups excluding carboxylic acids is 1. The molecule has 3 rings (SSSR count). The molecule has 7 heteroatoms. The van der Waals surface area contributed by atoms with Crippen molar-refractivity contribution in [3.8, 4) is 0 Å². The lowest BCUT2D eigenvalue weighted by molar-refractivity contribution is -0.137. The quantitative estimate of drug-likeness (QED) is 0.866. The molecule has 1 aliphatic rings. The Morgan fingerprint density at radius 1 is 1.04 bits per heavy atom. The number of benzene rings is 2. The maximum Gasteiger partial charge on any atom is 0.417 e. The molecule has 0 bridgehead atoms. The third kappa shape index (κ3) is 5.08. The second-order valence-electron chi connectivity index (χ2n) is 6.39. The summed E-state index contributed by atoms with van der Waals surface area (Å²) in [5, 5.41) is 2.79. The van der Waals surface area contributed by atoms with Gasteiger partial charge in [-0.05, 0) is 17.7 Å². The molecule has 1 aliphatic heterocycles. The van der Waals surface area contributed by atoms with Crippen LogP contribution in [-0.2, 0) is 10.9 Å². The first-order valence-electron chi connectivity index (χ1n) is 8.77. The summed E-state index contributed by atoms with van der Waals surface area (Å²) in [6.45, 7) is 3.16. The number of morpholine rings is 1. The summed E-state index contributed by atoms with van der Waals surface area (Å²) in [6, 6.07) is 13.7. The number of nitrogens with zero attached hydrogens (tertiary/aromatic N) is 1. The molecule has 1 unspecified atom stereocenters. The van der Waals surface area contributed by atoms with Gasteiger partial charge in [0, 0.05) is 19.6 Å². The number of carbonyl (C=O) groups is 1. The van der Waals surface area contributed by atoms with Gasteiger partial charge >= 0.3 is 6.18 Å². The Balaban J connectivity index is 1.82. The van der Waals surface area contributed by atoms with Gasteiger partial charge in [0.15, 0.2) is 0 Å². The number of hydrogen-bond acceptors (Lipinski definition) is 3. The van der Waals surface area contributed by atoms with Crippen molar-refractivity contribution >= 4 is 5.91 Å². The van der Waals surface area contributed by atoms with E-state index in [1.54, 1.807) is 0 Å². The molecule has 1 fully saturated rings. The molecule has 1 atom stereocenters. The predicted molar refractivity (Wildman–Crippen MR) is 95.4 cm³/mol. The first-order chi connectivity index (χ1) is 12.9. The molecule has 4 nitrogen and oxygen atoms in total. The van der Waals surface area contributed by atoms with Crippen molar-refractivity contribution < 1.29 is 22.7 Å². The van der Waals surface area contributed by atoms with Gasteiger partial charge in [-0.2, -0.15) is 13.2 Å². The van der Waals surface area contributed by atoms with Crippen LogP contribution in [0.2, 0.25) is 0 Å². The van der Waals surface area contributed by atoms with E-state index in [2.05, 4.69) is 10.2 Å². The van der Waals surface area contributed by atoms with Gasteiger partial charge < -0.3 is 10.1 Å². The van der Waals surface area contributed by atoms with Crippen molar-refractivity contribution in [2.45, 2.75) is 12.2 Å². The van der Waals surface area contributed by atoms with E-state index < -0.39 is 23.7 Å². The lowest BCUT2D eigenvalue weighted by atomic mass is 10.0. The van der Waals surface area contributed by atoms with Crippen molar-refractivity contribution in [1.29, 1.82) is 0 Å². The van der Waals surface area contributed by atoms with Crippen LogP contribution in [0.15, 0.2) is 54.6 Å². The van der Waals surface area contributed by atoms with Crippen LogP contribution in [0.25, 0.3) is 0 Å². The number of hydrogen-bond donors (Lipinski definition) is 1. The molecule has 2 aromatic rings. The topological polar surface area (TPSA) is 41.6 Å². The average Bonchev–Trinajstić information content (AvgIpc) is 2.68. The molecule has 0 aliphatic carbocycles. The van der Waals surface area contributed by atoms with E-state index >= 15 is 0 Å². The molecule has 1 saturated heterocycles. The van der Waals surface area contributed by atoms with Crippen molar-refractivity contribution in [3.05, 3.63) is 71.3 Å². The van der Waals surface area contributed by atoms with Gasteiger partial charge in [0.1, 0.15) is 0 Å². The Hall–Kier alpha value is -2.38. The van der Waals surface area contributed by atoms with Crippen LogP contribution in [0.5, 0.6) is 0 Å². The minimum absolute atomic E-state index is 0.368. The Morgan fingerprint density at radius 2 is 1.67 bits per heavy atom. The van der Waals surface area contributed by atoms with Crippen LogP contribution in [0, 0.1) is 0 Å². The predicted octanol–water partition coefficient (Wildman–Crippen LogP) is 3.51. The molecule has 0 spiro atoms. The lowest BCUT2D eigenvalue weighted by Gasteiger charge is -2.31. The fourth-order valence-corrected chi connectivity index (χ4v) is 3.13. The Bertz CT molecular complexity index is 759. The average molecular weight is 378 g/mol. The normalized spacial score (nSPS) is 16.7. The highest BCUT2D eigenvalue weighted by Crippen LogP contribution is 2.32. The monoisotopic (exact) mass is 378 g/mol. The van der Waals surface area contributed by atoms with Gasteiger partial charge in [-0.1, -0.05) is 42.5 Å². The fourth-order valence-electron chi connectivity index (χ4n) is 3.13. The summed E-state index contributed by atoms with van der Waals surface area (Å²) in [5.74, 6) is -0.731. The molecule has 0 aromatic heterocycles. The fraction of sp³-hybridized carbons (Fsp3) is 0.350. The summed E-state index contributed by atoms with van der Waals surface area (Å²) in [6.07, 6.45) is -4.58. The third-order valence-electron chi connectivity index (χ3n) is 4.53. The van der Waals surface area contributed by atoms with E-state index in [0.29, 0.717) is 19.8 Å². The zero-order valence-electron chi connectivity index (χ0n) is 14.7. The van der Waals surface area contributed by atoms with Gasteiger partial charge in [-0.3, -0.25) is 9.69 Å². The highest BCUT2D eigenvalue weighted by atomic mass is 19.4. The first kappa shape index (κ1) is 19.4. The zero-order chi connectivity index (χ0) is 19.3. The van der Waals surface area contributed by atoms with Gasteiger partial charge in [0.25, 0.3) is 5.91 Å². The number of halogens is 3. The van der Waals surface area contributed by atoms with Gasteiger partial charge in [0.2, 0.25) is 0 Å². The smallest absolute Gasteiger partial charge is 0.379 e. The first-order valence-corrected chi connectivity index (χ1v) is 8.77. The van der Waals surface area contributed by atoms with Crippen LogP contribution >= 0.6 is 0 Å². The Labute approximate surface area is 155 Å². The van der Waals surface area contributed by atoms with E-state index in [9.17, 15) is 18.0 Å². The second-order valence-corrected chi connectivity index (χ2v) is 6.39. The molecule has 1 amide bonds. The highest BCUT2D eigenvalue weighted by Gasteiger charge is 2.35. The summed E-state index contributed by atoms with van der Waals surface area (Å²) in [4.78, 5) is 14.8. The van der Waals surface area contributed by atoms with Crippen LogP contribution < -0.4 is 5.32 Å². The van der Waals surface area contributed by atoms with Crippen LogP contribution in [0.3, 0.4) is 0 Å². The van der Waals surface area contributed by atoms with E-state index in [4.69, 9.17) is 4.74 Å². The standard InChI is InChI=1S/C20H21F3N2O2/c21-20(22,23)17-9-5-4-8-16(17)19(26)24-18(15-6-2-1-3-7-15)14-25-10-12-27-13-11-25/h1-9,18H,10-14H2,(H,24,26). The molecule has 0 radical (unpaired) electrons. The van der Waals surface area contributed by atoms with Crippen molar-refractivity contribution in [1.82, 2.24) is 10.2 Å². The van der Waals surface area contributed by atoms with Crippen molar-refractivity contribution in [2.24, 2.45) is 0 Å².